The average Bonchev–Trinajstić information content (AvgIpc) is 2.65. The summed E-state index contributed by atoms with van der Waals surface area (Å²) in [6, 6.07) is 4.19. The highest BCUT2D eigenvalue weighted by Crippen LogP contribution is 2.27. The third-order valence-electron chi connectivity index (χ3n) is 4.93. The van der Waals surface area contributed by atoms with E-state index in [0.29, 0.717) is 17.1 Å². The first-order valence-corrected chi connectivity index (χ1v) is 10.4. The van der Waals surface area contributed by atoms with Crippen molar-refractivity contribution in [3.63, 3.8) is 0 Å². The maximum Gasteiger partial charge on any atom is 0.163 e. The van der Waals surface area contributed by atoms with Crippen LogP contribution in [-0.2, 0) is 10.8 Å². The van der Waals surface area contributed by atoms with Crippen LogP contribution in [0.25, 0.3) is 11.4 Å². The molecule has 3 atom stereocenters. The van der Waals surface area contributed by atoms with Crippen LogP contribution >= 0.6 is 0 Å². The molecule has 3 rings (SSSR count). The Kier molecular flexibility index (Phi) is 5.78. The zero-order valence-corrected chi connectivity index (χ0v) is 16.0. The zero-order chi connectivity index (χ0) is 17.8. The first kappa shape index (κ1) is 18.0. The van der Waals surface area contributed by atoms with Gasteiger partial charge in [-0.05, 0) is 45.2 Å². The maximum atomic E-state index is 12.2. The summed E-state index contributed by atoms with van der Waals surface area (Å²) in [5.74, 6) is 2.33. The van der Waals surface area contributed by atoms with E-state index in [4.69, 9.17) is 4.98 Å². The summed E-state index contributed by atoms with van der Waals surface area (Å²) >= 11 is 0. The number of rotatable bonds is 5. The van der Waals surface area contributed by atoms with Crippen molar-refractivity contribution in [2.45, 2.75) is 57.7 Å². The average molecular weight is 359 g/mol. The van der Waals surface area contributed by atoms with Crippen LogP contribution in [0.5, 0.6) is 0 Å². The molecule has 134 valence electrons. The molecule has 1 aliphatic rings. The Morgan fingerprint density at radius 3 is 2.84 bits per heavy atom. The number of hydrogen-bond donors (Lipinski definition) is 1. The Morgan fingerprint density at radius 1 is 1.28 bits per heavy atom. The van der Waals surface area contributed by atoms with E-state index in [1.165, 1.54) is 0 Å². The number of nitrogens with one attached hydrogen (secondary N) is 1. The van der Waals surface area contributed by atoms with Gasteiger partial charge in [-0.25, -0.2) is 9.97 Å². The van der Waals surface area contributed by atoms with Crippen molar-refractivity contribution in [3.8, 4) is 11.4 Å². The summed E-state index contributed by atoms with van der Waals surface area (Å²) in [7, 11) is -0.717. The minimum atomic E-state index is -0.717. The monoisotopic (exact) mass is 358 g/mol. The van der Waals surface area contributed by atoms with E-state index in [9.17, 15) is 4.21 Å². The molecule has 25 heavy (non-hydrogen) atoms. The molecule has 1 aliphatic carbocycles. The predicted octanol–water partition coefficient (Wildman–Crippen LogP) is 3.65. The summed E-state index contributed by atoms with van der Waals surface area (Å²) in [5.41, 5.74) is 2.97. The second kappa shape index (κ2) is 8.04. The van der Waals surface area contributed by atoms with Crippen LogP contribution in [0.2, 0.25) is 0 Å². The summed E-state index contributed by atoms with van der Waals surface area (Å²) in [5, 5.41) is 3.91. The zero-order valence-electron chi connectivity index (χ0n) is 15.2. The molecule has 1 N–H and O–H groups in total. The van der Waals surface area contributed by atoms with Gasteiger partial charge in [0.2, 0.25) is 0 Å². The molecule has 0 radical (unpaired) electrons. The Morgan fingerprint density at radius 2 is 2.12 bits per heavy atom. The van der Waals surface area contributed by atoms with Gasteiger partial charge in [0, 0.05) is 57.1 Å². The highest BCUT2D eigenvalue weighted by atomic mass is 32.2. The normalized spacial score (nSPS) is 21.7. The molecule has 1 saturated carbocycles. The molecule has 0 spiro atoms. The van der Waals surface area contributed by atoms with Gasteiger partial charge in [0.15, 0.2) is 5.82 Å². The van der Waals surface area contributed by atoms with Crippen molar-refractivity contribution in [2.75, 3.05) is 11.1 Å². The predicted molar refractivity (Wildman–Crippen MR) is 103 cm³/mol. The molecule has 6 heteroatoms. The molecule has 2 aromatic rings. The van der Waals surface area contributed by atoms with E-state index in [2.05, 4.69) is 22.2 Å². The number of hydrogen-bond acceptors (Lipinski definition) is 5. The van der Waals surface area contributed by atoms with Gasteiger partial charge < -0.3 is 5.32 Å². The Hall–Kier alpha value is -1.82. The summed E-state index contributed by atoms with van der Waals surface area (Å²) in [6.07, 6.45) is 7.77. The smallest absolute Gasteiger partial charge is 0.163 e. The van der Waals surface area contributed by atoms with Gasteiger partial charge in [0.05, 0.1) is 0 Å². The first-order chi connectivity index (χ1) is 12.1. The van der Waals surface area contributed by atoms with Gasteiger partial charge in [-0.15, -0.1) is 0 Å². The van der Waals surface area contributed by atoms with E-state index >= 15 is 0 Å². The maximum absolute atomic E-state index is 12.2. The first-order valence-electron chi connectivity index (χ1n) is 8.97. The number of nitrogens with zero attached hydrogens (tertiary/aromatic N) is 3. The van der Waals surface area contributed by atoms with E-state index in [1.54, 1.807) is 12.4 Å². The van der Waals surface area contributed by atoms with Gasteiger partial charge in [-0.2, -0.15) is 0 Å². The fraction of sp³-hybridized carbons (Fsp3) is 0.526. The quantitative estimate of drug-likeness (QED) is 0.884. The summed E-state index contributed by atoms with van der Waals surface area (Å²) in [6.45, 7) is 6.07. The lowest BCUT2D eigenvalue weighted by atomic mass is 9.95. The minimum absolute atomic E-state index is 0.303. The van der Waals surface area contributed by atoms with Gasteiger partial charge >= 0.3 is 0 Å². The Balaban J connectivity index is 1.82. The fourth-order valence-corrected chi connectivity index (χ4v) is 4.69. The van der Waals surface area contributed by atoms with E-state index in [1.807, 2.05) is 26.0 Å². The molecule has 0 aromatic carbocycles. The fourth-order valence-electron chi connectivity index (χ4n) is 3.34. The molecule has 2 heterocycles. The van der Waals surface area contributed by atoms with Crippen molar-refractivity contribution in [2.24, 2.45) is 0 Å². The van der Waals surface area contributed by atoms with Gasteiger partial charge in [0.1, 0.15) is 5.82 Å². The molecule has 0 amide bonds. The molecule has 3 unspecified atom stereocenters. The lowest BCUT2D eigenvalue weighted by Crippen LogP contribution is -2.33. The number of aromatic nitrogens is 3. The van der Waals surface area contributed by atoms with E-state index in [-0.39, 0.29) is 0 Å². The summed E-state index contributed by atoms with van der Waals surface area (Å²) < 4.78 is 12.2. The molecule has 1 fully saturated rings. The second-order valence-corrected chi connectivity index (χ2v) is 8.65. The van der Waals surface area contributed by atoms with E-state index < -0.39 is 10.8 Å². The van der Waals surface area contributed by atoms with Crippen molar-refractivity contribution >= 4 is 16.6 Å². The van der Waals surface area contributed by atoms with Crippen molar-refractivity contribution in [1.82, 2.24) is 15.0 Å². The van der Waals surface area contributed by atoms with Crippen LogP contribution in [0, 0.1) is 13.8 Å². The van der Waals surface area contributed by atoms with Crippen LogP contribution in [0.15, 0.2) is 24.5 Å². The highest BCUT2D eigenvalue weighted by Gasteiger charge is 2.26. The summed E-state index contributed by atoms with van der Waals surface area (Å²) in [4.78, 5) is 13.5. The Bertz CT molecular complexity index is 751. The molecule has 5 nitrogen and oxygen atoms in total. The standard InChI is InChI=1S/C19H26N4OS/c1-4-25(24)17-9-5-8-16(11-17)22-18-13(2)14(3)21-19(23-18)15-7-6-10-20-12-15/h6-7,10,12,16-17H,4-5,8-9,11H2,1-3H3,(H,21,22,23). The molecule has 0 bridgehead atoms. The third-order valence-corrected chi connectivity index (χ3v) is 6.67. The molecular formula is C19H26N4OS. The Labute approximate surface area is 152 Å². The third kappa shape index (κ3) is 4.24. The lowest BCUT2D eigenvalue weighted by molar-refractivity contribution is 0.464. The number of pyridine rings is 1. The topological polar surface area (TPSA) is 67.8 Å². The second-order valence-electron chi connectivity index (χ2n) is 6.65. The van der Waals surface area contributed by atoms with Crippen LogP contribution < -0.4 is 5.32 Å². The molecular weight excluding hydrogens is 332 g/mol. The number of anilines is 1. The lowest BCUT2D eigenvalue weighted by Gasteiger charge is -2.30. The van der Waals surface area contributed by atoms with E-state index in [0.717, 1.165) is 54.1 Å². The number of aryl methyl sites for hydroxylation is 1. The van der Waals surface area contributed by atoms with Crippen LogP contribution in [0.3, 0.4) is 0 Å². The van der Waals surface area contributed by atoms with Crippen molar-refractivity contribution in [3.05, 3.63) is 35.8 Å². The van der Waals surface area contributed by atoms with Gasteiger partial charge in [-0.1, -0.05) is 13.3 Å². The highest BCUT2D eigenvalue weighted by molar-refractivity contribution is 7.85. The van der Waals surface area contributed by atoms with Crippen LogP contribution in [-0.4, -0.2) is 36.2 Å². The molecule has 0 saturated heterocycles. The van der Waals surface area contributed by atoms with Crippen LogP contribution in [0.1, 0.15) is 43.9 Å². The minimum Gasteiger partial charge on any atom is -0.367 e. The van der Waals surface area contributed by atoms with Crippen molar-refractivity contribution in [1.29, 1.82) is 0 Å². The van der Waals surface area contributed by atoms with Crippen LogP contribution in [0.4, 0.5) is 5.82 Å². The van der Waals surface area contributed by atoms with Gasteiger partial charge in [0.25, 0.3) is 0 Å². The largest absolute Gasteiger partial charge is 0.367 e. The molecule has 0 aliphatic heterocycles. The molecule has 2 aromatic heterocycles. The van der Waals surface area contributed by atoms with Crippen molar-refractivity contribution < 1.29 is 4.21 Å². The van der Waals surface area contributed by atoms with Gasteiger partial charge in [-0.3, -0.25) is 9.19 Å². The SMILES string of the molecule is CCS(=O)C1CCCC(Nc2nc(-c3cccnc3)nc(C)c2C)C1.